The smallest absolute Gasteiger partial charge is 0.250 e. The molecule has 0 spiro atoms. The largest absolute Gasteiger partial charge is 0.380 e. The third-order valence-electron chi connectivity index (χ3n) is 3.01. The molecule has 0 amide bonds. The highest BCUT2D eigenvalue weighted by Crippen LogP contribution is 2.12. The fourth-order valence-electron chi connectivity index (χ4n) is 1.92. The zero-order valence-corrected chi connectivity index (χ0v) is 11.1. The van der Waals surface area contributed by atoms with E-state index in [1.807, 2.05) is 19.9 Å². The third-order valence-corrected chi connectivity index (χ3v) is 3.01. The molecule has 0 aliphatic carbocycles. The van der Waals surface area contributed by atoms with Gasteiger partial charge in [-0.2, -0.15) is 0 Å². The van der Waals surface area contributed by atoms with Crippen LogP contribution in [0.5, 0.6) is 0 Å². The fourth-order valence-corrected chi connectivity index (χ4v) is 1.92. The number of benzene rings is 1. The van der Waals surface area contributed by atoms with Gasteiger partial charge in [0.15, 0.2) is 0 Å². The highest BCUT2D eigenvalue weighted by atomic mass is 19.1. The zero-order chi connectivity index (χ0) is 13.8. The minimum Gasteiger partial charge on any atom is -0.380 e. The Kier molecular flexibility index (Phi) is 4.00. The standard InChI is InChI=1S/C15H17FN2O/c1-3-18-10-13(5-7-15(18)19)17-9-12-8-11(2)4-6-14(12)16/h4-8,10,17H,3,9H2,1-2H3. The Morgan fingerprint density at radius 1 is 1.26 bits per heavy atom. The van der Waals surface area contributed by atoms with Crippen LogP contribution in [0.3, 0.4) is 0 Å². The van der Waals surface area contributed by atoms with Crippen molar-refractivity contribution in [1.82, 2.24) is 4.57 Å². The monoisotopic (exact) mass is 260 g/mol. The van der Waals surface area contributed by atoms with E-state index in [9.17, 15) is 9.18 Å². The minimum absolute atomic E-state index is 0.0326. The van der Waals surface area contributed by atoms with Crippen molar-refractivity contribution in [2.24, 2.45) is 0 Å². The van der Waals surface area contributed by atoms with Crippen molar-refractivity contribution in [2.45, 2.75) is 26.9 Å². The molecule has 0 radical (unpaired) electrons. The molecule has 3 nitrogen and oxygen atoms in total. The normalized spacial score (nSPS) is 10.5. The van der Waals surface area contributed by atoms with E-state index >= 15 is 0 Å². The molecule has 0 unspecified atom stereocenters. The summed E-state index contributed by atoms with van der Waals surface area (Å²) in [6.45, 7) is 4.86. The lowest BCUT2D eigenvalue weighted by molar-refractivity contribution is 0.612. The Bertz CT molecular complexity index is 634. The molecule has 1 heterocycles. The van der Waals surface area contributed by atoms with Crippen LogP contribution >= 0.6 is 0 Å². The molecule has 1 aromatic carbocycles. The summed E-state index contributed by atoms with van der Waals surface area (Å²) < 4.78 is 15.2. The van der Waals surface area contributed by atoms with Crippen LogP contribution in [0.25, 0.3) is 0 Å². The van der Waals surface area contributed by atoms with E-state index in [1.54, 1.807) is 22.9 Å². The second-order valence-corrected chi connectivity index (χ2v) is 4.49. The van der Waals surface area contributed by atoms with E-state index in [2.05, 4.69) is 5.32 Å². The Balaban J connectivity index is 2.14. The lowest BCUT2D eigenvalue weighted by Gasteiger charge is -2.10. The minimum atomic E-state index is -0.220. The highest BCUT2D eigenvalue weighted by molar-refractivity contribution is 5.41. The molecule has 0 atom stereocenters. The van der Waals surface area contributed by atoms with Crippen LogP contribution in [0.15, 0.2) is 41.3 Å². The van der Waals surface area contributed by atoms with E-state index in [0.29, 0.717) is 18.7 Å². The Labute approximate surface area is 111 Å². The van der Waals surface area contributed by atoms with E-state index < -0.39 is 0 Å². The Morgan fingerprint density at radius 3 is 2.79 bits per heavy atom. The van der Waals surface area contributed by atoms with E-state index in [-0.39, 0.29) is 11.4 Å². The van der Waals surface area contributed by atoms with Crippen molar-refractivity contribution in [2.75, 3.05) is 5.32 Å². The maximum absolute atomic E-state index is 13.6. The lowest BCUT2D eigenvalue weighted by Crippen LogP contribution is -2.17. The first kappa shape index (κ1) is 13.3. The molecule has 2 rings (SSSR count). The molecule has 1 aromatic heterocycles. The summed E-state index contributed by atoms with van der Waals surface area (Å²) in [6.07, 6.45) is 1.75. The number of anilines is 1. The number of rotatable bonds is 4. The van der Waals surface area contributed by atoms with Gasteiger partial charge in [-0.1, -0.05) is 17.7 Å². The number of pyridine rings is 1. The molecule has 1 N–H and O–H groups in total. The number of hydrogen-bond acceptors (Lipinski definition) is 2. The fraction of sp³-hybridized carbons (Fsp3) is 0.267. The molecule has 0 saturated heterocycles. The SMILES string of the molecule is CCn1cc(NCc2cc(C)ccc2F)ccc1=O. The summed E-state index contributed by atoms with van der Waals surface area (Å²) in [6, 6.07) is 8.26. The lowest BCUT2D eigenvalue weighted by atomic mass is 10.1. The predicted octanol–water partition coefficient (Wildman–Crippen LogP) is 2.93. The molecule has 0 aliphatic heterocycles. The van der Waals surface area contributed by atoms with Crippen molar-refractivity contribution >= 4 is 5.69 Å². The van der Waals surface area contributed by atoms with Crippen LogP contribution in [0, 0.1) is 12.7 Å². The quantitative estimate of drug-likeness (QED) is 0.917. The van der Waals surface area contributed by atoms with Gasteiger partial charge in [0, 0.05) is 30.9 Å². The van der Waals surface area contributed by atoms with Gasteiger partial charge in [0.1, 0.15) is 5.82 Å². The Morgan fingerprint density at radius 2 is 2.05 bits per heavy atom. The van der Waals surface area contributed by atoms with Crippen LogP contribution in [0.4, 0.5) is 10.1 Å². The van der Waals surface area contributed by atoms with Gasteiger partial charge < -0.3 is 9.88 Å². The van der Waals surface area contributed by atoms with E-state index in [4.69, 9.17) is 0 Å². The molecular weight excluding hydrogens is 243 g/mol. The van der Waals surface area contributed by atoms with Crippen molar-refractivity contribution in [3.05, 3.63) is 63.8 Å². The van der Waals surface area contributed by atoms with Gasteiger partial charge in [-0.15, -0.1) is 0 Å². The molecule has 2 aromatic rings. The van der Waals surface area contributed by atoms with Gasteiger partial charge >= 0.3 is 0 Å². The number of halogens is 1. The number of aryl methyl sites for hydroxylation is 2. The van der Waals surface area contributed by atoms with Crippen molar-refractivity contribution in [3.63, 3.8) is 0 Å². The molecule has 100 valence electrons. The maximum atomic E-state index is 13.6. The number of nitrogens with one attached hydrogen (secondary N) is 1. The third kappa shape index (κ3) is 3.22. The average molecular weight is 260 g/mol. The first-order valence-corrected chi connectivity index (χ1v) is 6.29. The van der Waals surface area contributed by atoms with Gasteiger partial charge in [-0.05, 0) is 26.0 Å². The van der Waals surface area contributed by atoms with Crippen LogP contribution in [-0.2, 0) is 13.1 Å². The first-order valence-electron chi connectivity index (χ1n) is 6.29. The predicted molar refractivity (Wildman–Crippen MR) is 74.8 cm³/mol. The van der Waals surface area contributed by atoms with Crippen LogP contribution in [-0.4, -0.2) is 4.57 Å². The summed E-state index contributed by atoms with van der Waals surface area (Å²) in [4.78, 5) is 11.5. The summed E-state index contributed by atoms with van der Waals surface area (Å²) >= 11 is 0. The van der Waals surface area contributed by atoms with E-state index in [1.165, 1.54) is 12.1 Å². The molecule has 0 fully saturated rings. The summed E-state index contributed by atoms with van der Waals surface area (Å²) in [7, 11) is 0. The van der Waals surface area contributed by atoms with Gasteiger partial charge in [-0.3, -0.25) is 4.79 Å². The molecular formula is C15H17FN2O. The van der Waals surface area contributed by atoms with Crippen molar-refractivity contribution in [1.29, 1.82) is 0 Å². The van der Waals surface area contributed by atoms with Gasteiger partial charge in [0.2, 0.25) is 0 Å². The van der Waals surface area contributed by atoms with Gasteiger partial charge in [0.25, 0.3) is 5.56 Å². The second kappa shape index (κ2) is 5.69. The van der Waals surface area contributed by atoms with Crippen molar-refractivity contribution < 1.29 is 4.39 Å². The second-order valence-electron chi connectivity index (χ2n) is 4.49. The topological polar surface area (TPSA) is 34.0 Å². The summed E-state index contributed by atoms with van der Waals surface area (Å²) in [5, 5.41) is 3.13. The highest BCUT2D eigenvalue weighted by Gasteiger charge is 2.03. The molecule has 0 saturated carbocycles. The van der Waals surface area contributed by atoms with Gasteiger partial charge in [-0.25, -0.2) is 4.39 Å². The van der Waals surface area contributed by atoms with Crippen LogP contribution in [0.1, 0.15) is 18.1 Å². The van der Waals surface area contributed by atoms with Crippen LogP contribution < -0.4 is 10.9 Å². The molecule has 4 heteroatoms. The number of aromatic nitrogens is 1. The Hall–Kier alpha value is -2.10. The number of nitrogens with zero attached hydrogens (tertiary/aromatic N) is 1. The van der Waals surface area contributed by atoms with Gasteiger partial charge in [0.05, 0.1) is 5.69 Å². The zero-order valence-electron chi connectivity index (χ0n) is 11.1. The summed E-state index contributed by atoms with van der Waals surface area (Å²) in [5.41, 5.74) is 2.42. The average Bonchev–Trinajstić information content (AvgIpc) is 2.41. The van der Waals surface area contributed by atoms with Crippen molar-refractivity contribution in [3.8, 4) is 0 Å². The maximum Gasteiger partial charge on any atom is 0.250 e. The molecule has 0 bridgehead atoms. The molecule has 19 heavy (non-hydrogen) atoms. The first-order chi connectivity index (χ1) is 9.10. The molecule has 0 aliphatic rings. The van der Waals surface area contributed by atoms with E-state index in [0.717, 1.165) is 11.3 Å². The number of hydrogen-bond donors (Lipinski definition) is 1. The summed E-state index contributed by atoms with van der Waals surface area (Å²) in [5.74, 6) is -0.220. The van der Waals surface area contributed by atoms with Crippen LogP contribution in [0.2, 0.25) is 0 Å².